The molecule has 0 saturated carbocycles. The molecule has 2 aliphatic rings. The lowest BCUT2D eigenvalue weighted by molar-refractivity contribution is -0.121. The number of benzene rings is 3. The number of carbonyl (C=O) groups is 2. The molecule has 0 aliphatic carbocycles. The molecule has 0 N–H and O–H groups in total. The molecule has 5 aromatic rings. The Morgan fingerprint density at radius 2 is 1.70 bits per heavy atom. The van der Waals surface area contributed by atoms with Crippen molar-refractivity contribution < 1.29 is 18.4 Å². The number of rotatable bonds is 3. The van der Waals surface area contributed by atoms with Gasteiger partial charge in [0.2, 0.25) is 5.76 Å². The highest BCUT2D eigenvalue weighted by Crippen LogP contribution is 2.54. The van der Waals surface area contributed by atoms with E-state index in [2.05, 4.69) is 4.98 Å². The topological polar surface area (TPSA) is 83.7 Å². The van der Waals surface area contributed by atoms with Gasteiger partial charge in [-0.05, 0) is 35.9 Å². The Kier molecular flexibility index (Phi) is 4.49. The Labute approximate surface area is 213 Å². The first-order valence-electron chi connectivity index (χ1n) is 11.5. The van der Waals surface area contributed by atoms with Crippen molar-refractivity contribution in [2.45, 2.75) is 12.1 Å². The third-order valence-electron chi connectivity index (χ3n) is 6.90. The summed E-state index contributed by atoms with van der Waals surface area (Å²) in [5, 5.41) is 2.25. The number of hydrogen-bond acceptors (Lipinski definition) is 6. The highest BCUT2D eigenvalue weighted by molar-refractivity contribution is 7.13. The van der Waals surface area contributed by atoms with E-state index in [1.54, 1.807) is 66.0 Å². The molecular formula is C28H16FN3O4S. The van der Waals surface area contributed by atoms with E-state index in [-0.39, 0.29) is 39.8 Å². The minimum absolute atomic E-state index is 0.0227. The van der Waals surface area contributed by atoms with Crippen LogP contribution in [0, 0.1) is 5.82 Å². The molecule has 0 radical (unpaired) electrons. The van der Waals surface area contributed by atoms with Crippen LogP contribution in [0.1, 0.15) is 27.2 Å². The van der Waals surface area contributed by atoms with E-state index in [0.717, 1.165) is 0 Å². The Bertz CT molecular complexity index is 1800. The standard InChI is InChI=1S/C28H16FN3O4S/c29-17-11-9-16(10-12-17)15-31-20-7-3-2-6-19(20)28(26(31)35)22-23(33)18-5-1-4-8-21(18)36-24(22)25(34)32(28)27-30-13-14-37-27/h1-14H,15H2. The summed E-state index contributed by atoms with van der Waals surface area (Å²) in [4.78, 5) is 49.8. The van der Waals surface area contributed by atoms with Crippen LogP contribution in [0.2, 0.25) is 0 Å². The predicted molar refractivity (Wildman–Crippen MR) is 136 cm³/mol. The zero-order valence-corrected chi connectivity index (χ0v) is 19.9. The van der Waals surface area contributed by atoms with E-state index in [0.29, 0.717) is 16.8 Å². The van der Waals surface area contributed by atoms with Crippen molar-refractivity contribution in [3.8, 4) is 0 Å². The van der Waals surface area contributed by atoms with Gasteiger partial charge >= 0.3 is 0 Å². The summed E-state index contributed by atoms with van der Waals surface area (Å²) in [5.41, 5.74) is -0.291. The number of amides is 2. The van der Waals surface area contributed by atoms with Crippen molar-refractivity contribution in [2.75, 3.05) is 9.80 Å². The molecule has 9 heteroatoms. The number of para-hydroxylation sites is 2. The van der Waals surface area contributed by atoms with Crippen LogP contribution >= 0.6 is 11.3 Å². The van der Waals surface area contributed by atoms with Gasteiger partial charge in [-0.3, -0.25) is 19.3 Å². The Balaban J connectivity index is 1.55. The zero-order valence-electron chi connectivity index (χ0n) is 19.1. The summed E-state index contributed by atoms with van der Waals surface area (Å²) in [6.45, 7) is 0.117. The molecule has 1 unspecified atom stereocenters. The quantitative estimate of drug-likeness (QED) is 0.348. The van der Waals surface area contributed by atoms with Gasteiger partial charge in [0, 0.05) is 17.1 Å². The van der Waals surface area contributed by atoms with Crippen LogP contribution in [0.5, 0.6) is 0 Å². The average molecular weight is 510 g/mol. The first kappa shape index (κ1) is 21.6. The summed E-state index contributed by atoms with van der Waals surface area (Å²) in [6, 6.07) is 19.6. The number of nitrogens with zero attached hydrogens (tertiary/aromatic N) is 3. The van der Waals surface area contributed by atoms with Crippen LogP contribution in [0.4, 0.5) is 15.2 Å². The summed E-state index contributed by atoms with van der Waals surface area (Å²) in [6.07, 6.45) is 1.54. The van der Waals surface area contributed by atoms with Crippen LogP contribution in [0.25, 0.3) is 11.0 Å². The second-order valence-corrected chi connectivity index (χ2v) is 9.71. The van der Waals surface area contributed by atoms with E-state index in [1.165, 1.54) is 39.5 Å². The lowest BCUT2D eigenvalue weighted by atomic mass is 9.84. The van der Waals surface area contributed by atoms with Crippen molar-refractivity contribution in [3.05, 3.63) is 123 Å². The zero-order chi connectivity index (χ0) is 25.3. The fourth-order valence-corrected chi connectivity index (χ4v) is 6.06. The van der Waals surface area contributed by atoms with Crippen molar-refractivity contribution in [1.29, 1.82) is 0 Å². The second-order valence-electron chi connectivity index (χ2n) is 8.83. The van der Waals surface area contributed by atoms with Crippen molar-refractivity contribution in [2.24, 2.45) is 0 Å². The molecule has 0 saturated heterocycles. The molecule has 37 heavy (non-hydrogen) atoms. The largest absolute Gasteiger partial charge is 0.450 e. The highest BCUT2D eigenvalue weighted by Gasteiger charge is 2.66. The molecule has 7 nitrogen and oxygen atoms in total. The van der Waals surface area contributed by atoms with E-state index < -0.39 is 22.8 Å². The average Bonchev–Trinajstić information content (AvgIpc) is 3.59. The highest BCUT2D eigenvalue weighted by atomic mass is 32.1. The molecular weight excluding hydrogens is 493 g/mol. The molecule has 2 amide bonds. The maximum Gasteiger partial charge on any atom is 0.297 e. The number of hydrogen-bond donors (Lipinski definition) is 0. The van der Waals surface area contributed by atoms with Gasteiger partial charge < -0.3 is 9.32 Å². The molecule has 0 bridgehead atoms. The van der Waals surface area contributed by atoms with Gasteiger partial charge in [-0.15, -0.1) is 11.3 Å². The fourth-order valence-electron chi connectivity index (χ4n) is 5.37. The molecule has 0 fully saturated rings. The second kappa shape index (κ2) is 7.68. The van der Waals surface area contributed by atoms with Crippen LogP contribution in [0.15, 0.2) is 93.6 Å². The molecule has 3 aromatic carbocycles. The van der Waals surface area contributed by atoms with Gasteiger partial charge in [0.05, 0.1) is 23.2 Å². The molecule has 2 aromatic heterocycles. The number of thiazole rings is 1. The van der Waals surface area contributed by atoms with Crippen LogP contribution < -0.4 is 15.2 Å². The van der Waals surface area contributed by atoms with Gasteiger partial charge in [-0.2, -0.15) is 0 Å². The SMILES string of the molecule is O=C1c2oc3ccccc3c(=O)c2C2(C(=O)N(Cc3ccc(F)cc3)c3ccccc32)N1c1nccs1. The number of carbonyl (C=O) groups excluding carboxylic acids is 2. The summed E-state index contributed by atoms with van der Waals surface area (Å²) in [5.74, 6) is -1.66. The first-order valence-corrected chi connectivity index (χ1v) is 12.4. The maximum atomic E-state index is 14.6. The van der Waals surface area contributed by atoms with Gasteiger partial charge in [0.1, 0.15) is 11.4 Å². The third-order valence-corrected chi connectivity index (χ3v) is 7.65. The van der Waals surface area contributed by atoms with Crippen LogP contribution in [-0.4, -0.2) is 16.8 Å². The van der Waals surface area contributed by atoms with Gasteiger partial charge in [0.25, 0.3) is 11.8 Å². The lowest BCUT2D eigenvalue weighted by Gasteiger charge is -2.32. The smallest absolute Gasteiger partial charge is 0.297 e. The molecule has 2 aliphatic heterocycles. The van der Waals surface area contributed by atoms with E-state index in [9.17, 15) is 18.8 Å². The minimum Gasteiger partial charge on any atom is -0.450 e. The summed E-state index contributed by atoms with van der Waals surface area (Å²) >= 11 is 1.19. The number of aromatic nitrogens is 1. The molecule has 1 spiro atoms. The number of fused-ring (bicyclic) bond motifs is 5. The van der Waals surface area contributed by atoms with Gasteiger partial charge in [0.15, 0.2) is 16.1 Å². The maximum absolute atomic E-state index is 14.6. The fraction of sp³-hybridized carbons (Fsp3) is 0.0714. The minimum atomic E-state index is -1.80. The van der Waals surface area contributed by atoms with Crippen molar-refractivity contribution in [1.82, 2.24) is 4.98 Å². The van der Waals surface area contributed by atoms with Crippen molar-refractivity contribution >= 4 is 44.9 Å². The first-order chi connectivity index (χ1) is 18.0. The predicted octanol–water partition coefficient (Wildman–Crippen LogP) is 4.84. The van der Waals surface area contributed by atoms with Gasteiger partial charge in [-0.1, -0.05) is 42.5 Å². The molecule has 1 atom stereocenters. The van der Waals surface area contributed by atoms with E-state index in [4.69, 9.17) is 4.42 Å². The third kappa shape index (κ3) is 2.80. The Morgan fingerprint density at radius 1 is 0.946 bits per heavy atom. The van der Waals surface area contributed by atoms with Gasteiger partial charge in [-0.25, -0.2) is 9.37 Å². The summed E-state index contributed by atoms with van der Waals surface area (Å²) in [7, 11) is 0. The van der Waals surface area contributed by atoms with Crippen LogP contribution in [-0.2, 0) is 16.9 Å². The summed E-state index contributed by atoms with van der Waals surface area (Å²) < 4.78 is 19.6. The van der Waals surface area contributed by atoms with E-state index >= 15 is 0 Å². The normalized spacial score (nSPS) is 18.2. The molecule has 4 heterocycles. The number of anilines is 2. The number of halogens is 1. The molecule has 7 rings (SSSR count). The van der Waals surface area contributed by atoms with Crippen LogP contribution in [0.3, 0.4) is 0 Å². The lowest BCUT2D eigenvalue weighted by Crippen LogP contribution is -2.53. The Hall–Kier alpha value is -4.63. The van der Waals surface area contributed by atoms with E-state index in [1.807, 2.05) is 0 Å². The Morgan fingerprint density at radius 3 is 2.49 bits per heavy atom. The molecule has 180 valence electrons. The van der Waals surface area contributed by atoms with Crippen molar-refractivity contribution in [3.63, 3.8) is 0 Å². The monoisotopic (exact) mass is 509 g/mol.